The minimum Gasteiger partial charge on any atom is -0.367 e. The minimum absolute atomic E-state index is 0.155. The minimum atomic E-state index is -0.585. The first-order valence-electron chi connectivity index (χ1n) is 6.05. The second kappa shape index (κ2) is 6.66. The Bertz CT molecular complexity index is 514. The van der Waals surface area contributed by atoms with Gasteiger partial charge in [0.05, 0.1) is 0 Å². The molecule has 1 aromatic heterocycles. The molecule has 1 heterocycles. The second-order valence-corrected chi connectivity index (χ2v) is 4.11. The standard InChI is InChI=1S/C15H16N2O2/c1-19-14(13-7-3-2-4-8-13)15(18)17-11-12-6-5-9-16-10-12/h2-10,14H,11H2,1H3,(H,17,18)/t14-/m0/s1. The first-order chi connectivity index (χ1) is 9.31. The third-order valence-corrected chi connectivity index (χ3v) is 2.77. The highest BCUT2D eigenvalue weighted by atomic mass is 16.5. The van der Waals surface area contributed by atoms with Crippen molar-refractivity contribution in [2.24, 2.45) is 0 Å². The zero-order valence-corrected chi connectivity index (χ0v) is 10.7. The molecular formula is C15H16N2O2. The average Bonchev–Trinajstić information content (AvgIpc) is 2.48. The van der Waals surface area contributed by atoms with E-state index in [2.05, 4.69) is 10.3 Å². The number of benzene rings is 1. The number of carbonyl (C=O) groups excluding carboxylic acids is 1. The Labute approximate surface area is 112 Å². The summed E-state index contributed by atoms with van der Waals surface area (Å²) in [6.07, 6.45) is 2.84. The first kappa shape index (κ1) is 13.2. The lowest BCUT2D eigenvalue weighted by molar-refractivity contribution is -0.131. The van der Waals surface area contributed by atoms with Gasteiger partial charge in [-0.3, -0.25) is 9.78 Å². The summed E-state index contributed by atoms with van der Waals surface area (Å²) < 4.78 is 5.26. The van der Waals surface area contributed by atoms with Crippen LogP contribution in [0.2, 0.25) is 0 Å². The van der Waals surface area contributed by atoms with Crippen LogP contribution in [0.15, 0.2) is 54.9 Å². The van der Waals surface area contributed by atoms with Gasteiger partial charge in [-0.05, 0) is 17.2 Å². The van der Waals surface area contributed by atoms with Gasteiger partial charge in [0.15, 0.2) is 6.10 Å². The van der Waals surface area contributed by atoms with E-state index < -0.39 is 6.10 Å². The normalized spacial score (nSPS) is 11.8. The number of ether oxygens (including phenoxy) is 1. The summed E-state index contributed by atoms with van der Waals surface area (Å²) in [4.78, 5) is 16.1. The molecule has 0 radical (unpaired) electrons. The fraction of sp³-hybridized carbons (Fsp3) is 0.200. The lowest BCUT2D eigenvalue weighted by Gasteiger charge is -2.15. The molecule has 0 aliphatic heterocycles. The molecule has 1 N–H and O–H groups in total. The smallest absolute Gasteiger partial charge is 0.254 e. The highest BCUT2D eigenvalue weighted by Crippen LogP contribution is 2.16. The highest BCUT2D eigenvalue weighted by molar-refractivity contribution is 5.82. The Hall–Kier alpha value is -2.20. The summed E-state index contributed by atoms with van der Waals surface area (Å²) >= 11 is 0. The largest absolute Gasteiger partial charge is 0.367 e. The number of hydrogen-bond donors (Lipinski definition) is 1. The average molecular weight is 256 g/mol. The van der Waals surface area contributed by atoms with Gasteiger partial charge in [0.25, 0.3) is 5.91 Å². The van der Waals surface area contributed by atoms with Crippen LogP contribution in [-0.2, 0) is 16.1 Å². The molecule has 19 heavy (non-hydrogen) atoms. The Morgan fingerprint density at radius 1 is 1.26 bits per heavy atom. The molecule has 0 aliphatic rings. The van der Waals surface area contributed by atoms with E-state index in [1.807, 2.05) is 42.5 Å². The summed E-state index contributed by atoms with van der Waals surface area (Å²) in [6, 6.07) is 13.2. The maximum absolute atomic E-state index is 12.1. The van der Waals surface area contributed by atoms with Crippen LogP contribution in [0.1, 0.15) is 17.2 Å². The molecule has 0 spiro atoms. The van der Waals surface area contributed by atoms with E-state index in [0.717, 1.165) is 11.1 Å². The number of pyridine rings is 1. The number of carbonyl (C=O) groups is 1. The molecule has 4 nitrogen and oxygen atoms in total. The summed E-state index contributed by atoms with van der Waals surface area (Å²) in [5.41, 5.74) is 1.80. The van der Waals surface area contributed by atoms with E-state index >= 15 is 0 Å². The van der Waals surface area contributed by atoms with Gasteiger partial charge < -0.3 is 10.1 Å². The zero-order valence-electron chi connectivity index (χ0n) is 10.7. The quantitative estimate of drug-likeness (QED) is 0.891. The van der Waals surface area contributed by atoms with Gasteiger partial charge in [0, 0.05) is 26.0 Å². The Morgan fingerprint density at radius 2 is 2.05 bits per heavy atom. The van der Waals surface area contributed by atoms with E-state index in [1.54, 1.807) is 12.4 Å². The molecule has 4 heteroatoms. The van der Waals surface area contributed by atoms with Gasteiger partial charge in [-0.15, -0.1) is 0 Å². The maximum atomic E-state index is 12.1. The topological polar surface area (TPSA) is 51.2 Å². The molecule has 2 aromatic rings. The fourth-order valence-corrected chi connectivity index (χ4v) is 1.81. The maximum Gasteiger partial charge on any atom is 0.254 e. The number of hydrogen-bond acceptors (Lipinski definition) is 3. The van der Waals surface area contributed by atoms with Crippen molar-refractivity contribution in [3.05, 3.63) is 66.0 Å². The van der Waals surface area contributed by atoms with Crippen molar-refractivity contribution in [2.45, 2.75) is 12.6 Å². The molecule has 1 atom stereocenters. The molecule has 0 bridgehead atoms. The summed E-state index contributed by atoms with van der Waals surface area (Å²) in [5.74, 6) is -0.155. The zero-order chi connectivity index (χ0) is 13.5. The first-order valence-corrected chi connectivity index (χ1v) is 6.05. The lowest BCUT2D eigenvalue weighted by Crippen LogP contribution is -2.29. The monoisotopic (exact) mass is 256 g/mol. The number of aromatic nitrogens is 1. The lowest BCUT2D eigenvalue weighted by atomic mass is 10.1. The second-order valence-electron chi connectivity index (χ2n) is 4.11. The molecule has 0 fully saturated rings. The van der Waals surface area contributed by atoms with Crippen LogP contribution in [0.25, 0.3) is 0 Å². The Balaban J connectivity index is 1.98. The fourth-order valence-electron chi connectivity index (χ4n) is 1.81. The van der Waals surface area contributed by atoms with Crippen molar-refractivity contribution >= 4 is 5.91 Å². The Kier molecular flexibility index (Phi) is 4.64. The van der Waals surface area contributed by atoms with Gasteiger partial charge in [0.2, 0.25) is 0 Å². The van der Waals surface area contributed by atoms with Gasteiger partial charge in [-0.2, -0.15) is 0 Å². The van der Waals surface area contributed by atoms with Crippen molar-refractivity contribution in [1.29, 1.82) is 0 Å². The van der Waals surface area contributed by atoms with Crippen LogP contribution >= 0.6 is 0 Å². The van der Waals surface area contributed by atoms with Gasteiger partial charge in [-0.25, -0.2) is 0 Å². The summed E-state index contributed by atoms with van der Waals surface area (Å²) in [5, 5.41) is 2.84. The Morgan fingerprint density at radius 3 is 2.68 bits per heavy atom. The number of nitrogens with zero attached hydrogens (tertiary/aromatic N) is 1. The molecular weight excluding hydrogens is 240 g/mol. The molecule has 98 valence electrons. The molecule has 1 aromatic carbocycles. The van der Waals surface area contributed by atoms with Crippen LogP contribution in [0.3, 0.4) is 0 Å². The molecule has 0 saturated heterocycles. The predicted molar refractivity (Wildman–Crippen MR) is 72.3 cm³/mol. The van der Waals surface area contributed by atoms with Gasteiger partial charge >= 0.3 is 0 Å². The molecule has 1 amide bonds. The number of rotatable bonds is 5. The third kappa shape index (κ3) is 3.63. The predicted octanol–water partition coefficient (Wildman–Crippen LogP) is 2.09. The highest BCUT2D eigenvalue weighted by Gasteiger charge is 2.19. The van der Waals surface area contributed by atoms with Crippen LogP contribution in [0, 0.1) is 0 Å². The van der Waals surface area contributed by atoms with Crippen LogP contribution in [-0.4, -0.2) is 18.0 Å². The van der Waals surface area contributed by atoms with Crippen LogP contribution in [0.4, 0.5) is 0 Å². The summed E-state index contributed by atoms with van der Waals surface area (Å²) in [6.45, 7) is 0.444. The van der Waals surface area contributed by atoms with E-state index in [4.69, 9.17) is 4.74 Å². The van der Waals surface area contributed by atoms with E-state index in [1.165, 1.54) is 7.11 Å². The molecule has 2 rings (SSSR count). The molecule has 0 aliphatic carbocycles. The number of nitrogens with one attached hydrogen (secondary N) is 1. The third-order valence-electron chi connectivity index (χ3n) is 2.77. The van der Waals surface area contributed by atoms with Crippen molar-refractivity contribution in [2.75, 3.05) is 7.11 Å². The van der Waals surface area contributed by atoms with Gasteiger partial charge in [0.1, 0.15) is 0 Å². The number of amides is 1. The molecule has 0 unspecified atom stereocenters. The van der Waals surface area contributed by atoms with Crippen molar-refractivity contribution in [1.82, 2.24) is 10.3 Å². The van der Waals surface area contributed by atoms with Crippen molar-refractivity contribution < 1.29 is 9.53 Å². The van der Waals surface area contributed by atoms with Crippen LogP contribution in [0.5, 0.6) is 0 Å². The van der Waals surface area contributed by atoms with Gasteiger partial charge in [-0.1, -0.05) is 36.4 Å². The molecule has 0 saturated carbocycles. The van der Waals surface area contributed by atoms with Crippen LogP contribution < -0.4 is 5.32 Å². The number of methoxy groups -OCH3 is 1. The summed E-state index contributed by atoms with van der Waals surface area (Å²) in [7, 11) is 1.53. The van der Waals surface area contributed by atoms with E-state index in [0.29, 0.717) is 6.54 Å². The van der Waals surface area contributed by atoms with Crippen molar-refractivity contribution in [3.63, 3.8) is 0 Å². The SMILES string of the molecule is CO[C@H](C(=O)NCc1cccnc1)c1ccccc1. The van der Waals surface area contributed by atoms with E-state index in [-0.39, 0.29) is 5.91 Å². The van der Waals surface area contributed by atoms with Crippen molar-refractivity contribution in [3.8, 4) is 0 Å². The van der Waals surface area contributed by atoms with E-state index in [9.17, 15) is 4.79 Å².